The zero-order valence-corrected chi connectivity index (χ0v) is 10.1. The second kappa shape index (κ2) is 3.54. The van der Waals surface area contributed by atoms with Crippen LogP contribution in [0.5, 0.6) is 5.75 Å². The van der Waals surface area contributed by atoms with Crippen LogP contribution in [0.2, 0.25) is 0 Å². The minimum absolute atomic E-state index is 0.0695. The van der Waals surface area contributed by atoms with Crippen molar-refractivity contribution < 1.29 is 14.3 Å². The minimum atomic E-state index is -0.0940. The second-order valence-electron chi connectivity index (χ2n) is 4.81. The fourth-order valence-corrected chi connectivity index (χ4v) is 2.77. The van der Waals surface area contributed by atoms with Crippen LogP contribution in [-0.2, 0) is 6.42 Å². The van der Waals surface area contributed by atoms with Crippen molar-refractivity contribution in [3.05, 3.63) is 64.2 Å². The molecule has 2 aromatic rings. The lowest BCUT2D eigenvalue weighted by molar-refractivity contribution is 0.0979. The first-order chi connectivity index (χ1) is 9.25. The molecule has 0 amide bonds. The van der Waals surface area contributed by atoms with Crippen molar-refractivity contribution in [1.82, 2.24) is 0 Å². The molecule has 0 aromatic heterocycles. The average Bonchev–Trinajstić information content (AvgIpc) is 2.90. The van der Waals surface area contributed by atoms with Crippen molar-refractivity contribution >= 4 is 11.6 Å². The van der Waals surface area contributed by atoms with E-state index in [1.165, 1.54) is 0 Å². The molecule has 0 saturated carbocycles. The van der Waals surface area contributed by atoms with Gasteiger partial charge >= 0.3 is 0 Å². The molecule has 0 bridgehead atoms. The molecule has 0 N–H and O–H groups in total. The third-order valence-corrected chi connectivity index (χ3v) is 3.74. The summed E-state index contributed by atoms with van der Waals surface area (Å²) in [5.41, 5.74) is 2.97. The van der Waals surface area contributed by atoms with Crippen LogP contribution >= 0.6 is 0 Å². The van der Waals surface area contributed by atoms with E-state index in [1.54, 1.807) is 30.3 Å². The molecule has 3 nitrogen and oxygen atoms in total. The van der Waals surface area contributed by atoms with E-state index in [0.29, 0.717) is 28.9 Å². The summed E-state index contributed by atoms with van der Waals surface area (Å²) in [4.78, 5) is 24.9. The number of hydrogen-bond acceptors (Lipinski definition) is 3. The minimum Gasteiger partial charge on any atom is -0.493 e. The SMILES string of the molecule is O=C1c2ccccc2C(=O)c2cc3c(cc21)CCO3. The first-order valence-electron chi connectivity index (χ1n) is 6.24. The molecule has 2 aromatic carbocycles. The number of carbonyl (C=O) groups is 2. The molecule has 92 valence electrons. The maximum Gasteiger partial charge on any atom is 0.194 e. The Labute approximate surface area is 109 Å². The fraction of sp³-hybridized carbons (Fsp3) is 0.125. The van der Waals surface area contributed by atoms with Gasteiger partial charge in [0.15, 0.2) is 11.6 Å². The van der Waals surface area contributed by atoms with Crippen LogP contribution < -0.4 is 4.74 Å². The summed E-state index contributed by atoms with van der Waals surface area (Å²) in [6.07, 6.45) is 0.797. The number of ether oxygens (including phenoxy) is 1. The Morgan fingerprint density at radius 2 is 1.47 bits per heavy atom. The van der Waals surface area contributed by atoms with E-state index in [-0.39, 0.29) is 11.6 Å². The first-order valence-corrected chi connectivity index (χ1v) is 6.24. The summed E-state index contributed by atoms with van der Waals surface area (Å²) < 4.78 is 5.47. The van der Waals surface area contributed by atoms with E-state index in [4.69, 9.17) is 4.74 Å². The Morgan fingerprint density at radius 3 is 2.16 bits per heavy atom. The van der Waals surface area contributed by atoms with Crippen LogP contribution in [0.3, 0.4) is 0 Å². The van der Waals surface area contributed by atoms with Crippen LogP contribution in [0.1, 0.15) is 37.4 Å². The van der Waals surface area contributed by atoms with Crippen molar-refractivity contribution in [3.8, 4) is 5.75 Å². The van der Waals surface area contributed by atoms with E-state index in [0.717, 1.165) is 17.7 Å². The summed E-state index contributed by atoms with van der Waals surface area (Å²) >= 11 is 0. The maximum absolute atomic E-state index is 12.5. The Bertz CT molecular complexity index is 682. The molecule has 0 fully saturated rings. The van der Waals surface area contributed by atoms with Crippen LogP contribution in [0.25, 0.3) is 0 Å². The van der Waals surface area contributed by atoms with Gasteiger partial charge in [-0.05, 0) is 17.7 Å². The van der Waals surface area contributed by atoms with Crippen molar-refractivity contribution in [2.24, 2.45) is 0 Å². The highest BCUT2D eigenvalue weighted by Gasteiger charge is 2.31. The van der Waals surface area contributed by atoms with Crippen LogP contribution in [0.15, 0.2) is 36.4 Å². The number of benzene rings is 2. The molecular formula is C16H10O3. The van der Waals surface area contributed by atoms with Gasteiger partial charge in [-0.3, -0.25) is 9.59 Å². The van der Waals surface area contributed by atoms with Crippen LogP contribution in [-0.4, -0.2) is 18.2 Å². The highest BCUT2D eigenvalue weighted by Crippen LogP contribution is 2.34. The van der Waals surface area contributed by atoms with Gasteiger partial charge in [0.05, 0.1) is 6.61 Å². The predicted molar refractivity (Wildman–Crippen MR) is 68.9 cm³/mol. The molecular weight excluding hydrogens is 240 g/mol. The lowest BCUT2D eigenvalue weighted by atomic mass is 9.83. The number of carbonyl (C=O) groups excluding carboxylic acids is 2. The molecule has 1 aliphatic heterocycles. The van der Waals surface area contributed by atoms with Gasteiger partial charge in [-0.15, -0.1) is 0 Å². The lowest BCUT2D eigenvalue weighted by Crippen LogP contribution is -2.20. The van der Waals surface area contributed by atoms with Crippen LogP contribution in [0, 0.1) is 0 Å². The summed E-state index contributed by atoms with van der Waals surface area (Å²) in [5, 5.41) is 0. The summed E-state index contributed by atoms with van der Waals surface area (Å²) in [7, 11) is 0. The van der Waals surface area contributed by atoms with Crippen molar-refractivity contribution in [2.45, 2.75) is 6.42 Å². The zero-order chi connectivity index (χ0) is 13.0. The normalized spacial score (nSPS) is 15.6. The molecule has 0 unspecified atom stereocenters. The van der Waals surface area contributed by atoms with E-state index in [9.17, 15) is 9.59 Å². The maximum atomic E-state index is 12.5. The smallest absolute Gasteiger partial charge is 0.194 e. The lowest BCUT2D eigenvalue weighted by Gasteiger charge is -2.18. The summed E-state index contributed by atoms with van der Waals surface area (Å²) in [6, 6.07) is 10.5. The second-order valence-corrected chi connectivity index (χ2v) is 4.81. The van der Waals surface area contributed by atoms with Gasteiger partial charge in [0, 0.05) is 28.7 Å². The standard InChI is InChI=1S/C16H10O3/c17-15-10-3-1-2-4-11(10)16(18)13-8-14-9(5-6-19-14)7-12(13)15/h1-4,7-8H,5-6H2. The van der Waals surface area contributed by atoms with Crippen molar-refractivity contribution in [2.75, 3.05) is 6.61 Å². The van der Waals surface area contributed by atoms with E-state index < -0.39 is 0 Å². The van der Waals surface area contributed by atoms with Crippen LogP contribution in [0.4, 0.5) is 0 Å². The number of fused-ring (bicyclic) bond motifs is 3. The number of rotatable bonds is 0. The van der Waals surface area contributed by atoms with Gasteiger partial charge in [0.2, 0.25) is 0 Å². The molecule has 0 spiro atoms. The number of hydrogen-bond donors (Lipinski definition) is 0. The molecule has 1 aliphatic carbocycles. The number of ketones is 2. The van der Waals surface area contributed by atoms with E-state index >= 15 is 0 Å². The van der Waals surface area contributed by atoms with Gasteiger partial charge in [-0.2, -0.15) is 0 Å². The van der Waals surface area contributed by atoms with Crippen molar-refractivity contribution in [3.63, 3.8) is 0 Å². The predicted octanol–water partition coefficient (Wildman–Crippen LogP) is 2.40. The molecule has 0 saturated heterocycles. The largest absolute Gasteiger partial charge is 0.493 e. The van der Waals surface area contributed by atoms with Gasteiger partial charge in [-0.1, -0.05) is 24.3 Å². The third-order valence-electron chi connectivity index (χ3n) is 3.74. The highest BCUT2D eigenvalue weighted by atomic mass is 16.5. The molecule has 4 rings (SSSR count). The Kier molecular flexibility index (Phi) is 1.96. The highest BCUT2D eigenvalue weighted by molar-refractivity contribution is 6.28. The molecule has 0 radical (unpaired) electrons. The van der Waals surface area contributed by atoms with Crippen molar-refractivity contribution in [1.29, 1.82) is 0 Å². The third kappa shape index (κ3) is 1.32. The summed E-state index contributed by atoms with van der Waals surface area (Å²) in [6.45, 7) is 0.619. The topological polar surface area (TPSA) is 43.4 Å². The molecule has 1 heterocycles. The van der Waals surface area contributed by atoms with Gasteiger partial charge in [-0.25, -0.2) is 0 Å². The zero-order valence-electron chi connectivity index (χ0n) is 10.1. The average molecular weight is 250 g/mol. The van der Waals surface area contributed by atoms with Gasteiger partial charge in [0.25, 0.3) is 0 Å². The molecule has 2 aliphatic rings. The fourth-order valence-electron chi connectivity index (χ4n) is 2.77. The molecule has 19 heavy (non-hydrogen) atoms. The van der Waals surface area contributed by atoms with E-state index in [2.05, 4.69) is 0 Å². The quantitative estimate of drug-likeness (QED) is 0.615. The van der Waals surface area contributed by atoms with Gasteiger partial charge < -0.3 is 4.74 Å². The molecule has 3 heteroatoms. The van der Waals surface area contributed by atoms with Gasteiger partial charge in [0.1, 0.15) is 5.75 Å². The Balaban J connectivity index is 2.01. The van der Waals surface area contributed by atoms with E-state index in [1.807, 2.05) is 6.07 Å². The molecule has 0 atom stereocenters. The first kappa shape index (κ1) is 10.5. The Morgan fingerprint density at radius 1 is 0.842 bits per heavy atom. The summed E-state index contributed by atoms with van der Waals surface area (Å²) in [5.74, 6) is 0.572. The Hall–Kier alpha value is -2.42. The monoisotopic (exact) mass is 250 g/mol.